The summed E-state index contributed by atoms with van der Waals surface area (Å²) in [6.45, 7) is 4.01. The summed E-state index contributed by atoms with van der Waals surface area (Å²) in [5.41, 5.74) is 1.71. The molecule has 1 atom stereocenters. The van der Waals surface area contributed by atoms with Gasteiger partial charge in [0.2, 0.25) is 0 Å². The number of amides is 1. The van der Waals surface area contributed by atoms with Crippen LogP contribution in [0.15, 0.2) is 42.5 Å². The van der Waals surface area contributed by atoms with E-state index in [-0.39, 0.29) is 12.1 Å². The SMILES string of the molecule is Cc1ccc(-c2ccc(C(=O)N3CCC(C)(C(=O)O)C3)c(F)c2)cc1. The van der Waals surface area contributed by atoms with Crippen molar-refractivity contribution in [2.75, 3.05) is 13.1 Å². The van der Waals surface area contributed by atoms with Crippen molar-refractivity contribution in [1.29, 1.82) is 0 Å². The molecule has 1 aliphatic rings. The Bertz CT molecular complexity index is 831. The average molecular weight is 341 g/mol. The Balaban J connectivity index is 1.83. The number of benzene rings is 2. The van der Waals surface area contributed by atoms with E-state index >= 15 is 0 Å². The number of halogens is 1. The molecule has 1 aliphatic heterocycles. The third kappa shape index (κ3) is 3.27. The van der Waals surface area contributed by atoms with Crippen LogP contribution in [0.1, 0.15) is 29.3 Å². The number of aryl methyl sites for hydroxylation is 1. The minimum absolute atomic E-state index is 0.0227. The van der Waals surface area contributed by atoms with Crippen molar-refractivity contribution in [3.05, 3.63) is 59.4 Å². The molecule has 2 aromatic carbocycles. The van der Waals surface area contributed by atoms with E-state index in [0.29, 0.717) is 18.5 Å². The minimum atomic E-state index is -0.964. The fraction of sp³-hybridized carbons (Fsp3) is 0.300. The van der Waals surface area contributed by atoms with Crippen molar-refractivity contribution in [3.8, 4) is 11.1 Å². The van der Waals surface area contributed by atoms with Gasteiger partial charge in [0.25, 0.3) is 5.91 Å². The van der Waals surface area contributed by atoms with Gasteiger partial charge in [-0.1, -0.05) is 35.9 Å². The number of aliphatic carboxylic acids is 1. The summed E-state index contributed by atoms with van der Waals surface area (Å²) in [7, 11) is 0. The Kier molecular flexibility index (Phi) is 4.33. The van der Waals surface area contributed by atoms with Gasteiger partial charge in [0.1, 0.15) is 5.82 Å². The zero-order valence-corrected chi connectivity index (χ0v) is 14.3. The van der Waals surface area contributed by atoms with Gasteiger partial charge in [-0.15, -0.1) is 0 Å². The standard InChI is InChI=1S/C20H20FNO3/c1-13-3-5-14(6-4-13)15-7-8-16(17(21)11-15)18(23)22-10-9-20(2,12-22)19(24)25/h3-8,11H,9-10,12H2,1-2H3,(H,24,25). The molecule has 1 heterocycles. The summed E-state index contributed by atoms with van der Waals surface area (Å²) in [4.78, 5) is 25.3. The van der Waals surface area contributed by atoms with Gasteiger partial charge in [0, 0.05) is 13.1 Å². The molecule has 0 bridgehead atoms. The molecule has 0 aliphatic carbocycles. The zero-order valence-electron chi connectivity index (χ0n) is 14.3. The van der Waals surface area contributed by atoms with Crippen molar-refractivity contribution in [1.82, 2.24) is 4.90 Å². The van der Waals surface area contributed by atoms with Gasteiger partial charge in [-0.2, -0.15) is 0 Å². The first-order valence-corrected chi connectivity index (χ1v) is 8.19. The molecule has 4 nitrogen and oxygen atoms in total. The first-order chi connectivity index (χ1) is 11.8. The monoisotopic (exact) mass is 341 g/mol. The third-order valence-electron chi connectivity index (χ3n) is 4.86. The van der Waals surface area contributed by atoms with Crippen LogP contribution >= 0.6 is 0 Å². The molecule has 3 rings (SSSR count). The smallest absolute Gasteiger partial charge is 0.311 e. The largest absolute Gasteiger partial charge is 0.481 e. The van der Waals surface area contributed by atoms with Crippen LogP contribution in [0.3, 0.4) is 0 Å². The van der Waals surface area contributed by atoms with Crippen LogP contribution in [-0.2, 0) is 4.79 Å². The third-order valence-corrected chi connectivity index (χ3v) is 4.86. The van der Waals surface area contributed by atoms with E-state index in [2.05, 4.69) is 0 Å². The number of likely N-dealkylation sites (tertiary alicyclic amines) is 1. The second kappa shape index (κ2) is 6.31. The van der Waals surface area contributed by atoms with E-state index in [1.165, 1.54) is 17.0 Å². The molecule has 1 unspecified atom stereocenters. The van der Waals surface area contributed by atoms with Crippen LogP contribution in [-0.4, -0.2) is 35.0 Å². The number of carboxylic acid groups (broad SMARTS) is 1. The molecule has 1 amide bonds. The predicted octanol–water partition coefficient (Wildman–Crippen LogP) is 3.74. The summed E-state index contributed by atoms with van der Waals surface area (Å²) in [5.74, 6) is -1.98. The molecule has 0 radical (unpaired) electrons. The number of rotatable bonds is 3. The highest BCUT2D eigenvalue weighted by Gasteiger charge is 2.42. The molecule has 5 heteroatoms. The highest BCUT2D eigenvalue weighted by Crippen LogP contribution is 2.32. The van der Waals surface area contributed by atoms with E-state index in [0.717, 1.165) is 11.1 Å². The van der Waals surface area contributed by atoms with Crippen LogP contribution in [0.5, 0.6) is 0 Å². The molecule has 1 fully saturated rings. The van der Waals surface area contributed by atoms with Gasteiger partial charge >= 0.3 is 5.97 Å². The lowest BCUT2D eigenvalue weighted by Crippen LogP contribution is -2.35. The molecule has 0 saturated carbocycles. The van der Waals surface area contributed by atoms with E-state index < -0.39 is 23.1 Å². The van der Waals surface area contributed by atoms with Gasteiger partial charge in [-0.25, -0.2) is 4.39 Å². The number of hydrogen-bond acceptors (Lipinski definition) is 2. The van der Waals surface area contributed by atoms with E-state index in [9.17, 15) is 19.1 Å². The summed E-state index contributed by atoms with van der Waals surface area (Å²) in [5, 5.41) is 9.27. The number of carbonyl (C=O) groups is 2. The van der Waals surface area contributed by atoms with E-state index in [1.54, 1.807) is 13.0 Å². The maximum Gasteiger partial charge on any atom is 0.311 e. The lowest BCUT2D eigenvalue weighted by atomic mass is 9.90. The van der Waals surface area contributed by atoms with Crippen LogP contribution in [0.2, 0.25) is 0 Å². The lowest BCUT2D eigenvalue weighted by Gasteiger charge is -2.20. The maximum absolute atomic E-state index is 14.5. The van der Waals surface area contributed by atoms with Crippen LogP contribution in [0.25, 0.3) is 11.1 Å². The normalized spacial score (nSPS) is 19.9. The second-order valence-electron chi connectivity index (χ2n) is 6.90. The van der Waals surface area contributed by atoms with Crippen molar-refractivity contribution in [3.63, 3.8) is 0 Å². The van der Waals surface area contributed by atoms with Gasteiger partial charge < -0.3 is 10.0 Å². The van der Waals surface area contributed by atoms with Crippen molar-refractivity contribution < 1.29 is 19.1 Å². The molecular formula is C20H20FNO3. The minimum Gasteiger partial charge on any atom is -0.481 e. The van der Waals surface area contributed by atoms with Gasteiger partial charge in [-0.05, 0) is 43.5 Å². The van der Waals surface area contributed by atoms with Crippen molar-refractivity contribution in [2.45, 2.75) is 20.3 Å². The number of nitrogens with zero attached hydrogens (tertiary/aromatic N) is 1. The zero-order chi connectivity index (χ0) is 18.2. The van der Waals surface area contributed by atoms with Crippen LogP contribution in [0, 0.1) is 18.2 Å². The second-order valence-corrected chi connectivity index (χ2v) is 6.90. The lowest BCUT2D eigenvalue weighted by molar-refractivity contribution is -0.147. The fourth-order valence-corrected chi connectivity index (χ4v) is 3.09. The molecule has 2 aromatic rings. The van der Waals surface area contributed by atoms with Gasteiger partial charge in [-0.3, -0.25) is 9.59 Å². The van der Waals surface area contributed by atoms with Gasteiger partial charge in [0.05, 0.1) is 11.0 Å². The Labute approximate surface area is 145 Å². The molecule has 0 spiro atoms. The molecule has 1 N–H and O–H groups in total. The summed E-state index contributed by atoms with van der Waals surface area (Å²) in [6, 6.07) is 12.3. The molecule has 25 heavy (non-hydrogen) atoms. The molecular weight excluding hydrogens is 321 g/mol. The maximum atomic E-state index is 14.5. The van der Waals surface area contributed by atoms with Crippen LogP contribution < -0.4 is 0 Å². The highest BCUT2D eigenvalue weighted by atomic mass is 19.1. The highest BCUT2D eigenvalue weighted by molar-refractivity contribution is 5.95. The van der Waals surface area contributed by atoms with Crippen molar-refractivity contribution >= 4 is 11.9 Å². The molecule has 130 valence electrons. The fourth-order valence-electron chi connectivity index (χ4n) is 3.09. The van der Waals surface area contributed by atoms with Gasteiger partial charge in [0.15, 0.2) is 0 Å². The quantitative estimate of drug-likeness (QED) is 0.925. The summed E-state index contributed by atoms with van der Waals surface area (Å²) < 4.78 is 14.5. The Hall–Kier alpha value is -2.69. The number of hydrogen-bond donors (Lipinski definition) is 1. The predicted molar refractivity (Wildman–Crippen MR) is 92.8 cm³/mol. The Morgan fingerprint density at radius 3 is 2.32 bits per heavy atom. The summed E-state index contributed by atoms with van der Waals surface area (Å²) in [6.07, 6.45) is 0.372. The molecule has 0 aromatic heterocycles. The first-order valence-electron chi connectivity index (χ1n) is 8.19. The number of carboxylic acids is 1. The van der Waals surface area contributed by atoms with Crippen LogP contribution in [0.4, 0.5) is 4.39 Å². The van der Waals surface area contributed by atoms with Crippen molar-refractivity contribution in [2.24, 2.45) is 5.41 Å². The Morgan fingerprint density at radius 1 is 1.12 bits per heavy atom. The Morgan fingerprint density at radius 2 is 1.76 bits per heavy atom. The topological polar surface area (TPSA) is 57.6 Å². The summed E-state index contributed by atoms with van der Waals surface area (Å²) >= 11 is 0. The molecule has 1 saturated heterocycles. The number of carbonyl (C=O) groups excluding carboxylic acids is 1. The average Bonchev–Trinajstić information content (AvgIpc) is 2.99. The van der Waals surface area contributed by atoms with E-state index in [4.69, 9.17) is 0 Å². The van der Waals surface area contributed by atoms with E-state index in [1.807, 2.05) is 31.2 Å². The first kappa shape index (κ1) is 17.1.